The number of nitrogens with one attached hydrogen (secondary N) is 3. The van der Waals surface area contributed by atoms with Gasteiger partial charge in [0.15, 0.2) is 5.78 Å². The van der Waals surface area contributed by atoms with Gasteiger partial charge in [-0.3, -0.25) is 14.4 Å². The summed E-state index contributed by atoms with van der Waals surface area (Å²) >= 11 is 0. The van der Waals surface area contributed by atoms with Gasteiger partial charge in [0.25, 0.3) is 0 Å². The number of rotatable bonds is 4. The van der Waals surface area contributed by atoms with Crippen molar-refractivity contribution in [3.8, 4) is 5.75 Å². The van der Waals surface area contributed by atoms with Crippen molar-refractivity contribution in [3.05, 3.63) is 52.9 Å². The second kappa shape index (κ2) is 7.82. The molecule has 7 nitrogen and oxygen atoms in total. The minimum absolute atomic E-state index is 0.0947. The molecule has 2 aromatic rings. The highest BCUT2D eigenvalue weighted by Crippen LogP contribution is 2.32. The molecule has 4 N–H and O–H groups in total. The Hall–Kier alpha value is -3.35. The van der Waals surface area contributed by atoms with E-state index in [-0.39, 0.29) is 35.5 Å². The number of benzene rings is 1. The molecule has 156 valence electrons. The molecule has 7 heteroatoms. The van der Waals surface area contributed by atoms with Crippen LogP contribution in [0.3, 0.4) is 0 Å². The lowest BCUT2D eigenvalue weighted by molar-refractivity contribution is -0.126. The lowest BCUT2D eigenvalue weighted by Gasteiger charge is -2.24. The van der Waals surface area contributed by atoms with E-state index in [0.717, 1.165) is 22.0 Å². The number of fused-ring (bicyclic) bond motifs is 1. The van der Waals surface area contributed by atoms with Crippen molar-refractivity contribution in [2.75, 3.05) is 0 Å². The van der Waals surface area contributed by atoms with Crippen molar-refractivity contribution in [1.29, 1.82) is 0 Å². The van der Waals surface area contributed by atoms with E-state index in [1.165, 1.54) is 0 Å². The van der Waals surface area contributed by atoms with Gasteiger partial charge >= 0.3 is 0 Å². The summed E-state index contributed by atoms with van der Waals surface area (Å²) in [7, 11) is 0. The van der Waals surface area contributed by atoms with E-state index < -0.39 is 11.9 Å². The Morgan fingerprint density at radius 2 is 2.03 bits per heavy atom. The molecule has 0 bridgehead atoms. The number of ketones is 1. The van der Waals surface area contributed by atoms with E-state index in [0.29, 0.717) is 24.8 Å². The van der Waals surface area contributed by atoms with Crippen LogP contribution in [-0.4, -0.2) is 33.7 Å². The van der Waals surface area contributed by atoms with Crippen molar-refractivity contribution >= 4 is 28.5 Å². The largest absolute Gasteiger partial charge is 0.508 e. The Kier molecular flexibility index (Phi) is 5.20. The second-order valence-corrected chi connectivity index (χ2v) is 8.23. The van der Waals surface area contributed by atoms with Crippen molar-refractivity contribution in [2.24, 2.45) is 5.92 Å². The summed E-state index contributed by atoms with van der Waals surface area (Å²) in [4.78, 5) is 41.5. The zero-order valence-electron chi connectivity index (χ0n) is 17.0. The third-order valence-corrected chi connectivity index (χ3v) is 5.78. The smallest absolute Gasteiger partial charge is 0.250 e. The molecule has 2 heterocycles. The molecule has 1 aliphatic heterocycles. The minimum atomic E-state index is -0.798. The first-order chi connectivity index (χ1) is 14.3. The molecule has 0 saturated heterocycles. The van der Waals surface area contributed by atoms with Gasteiger partial charge in [-0.25, -0.2) is 0 Å². The molecule has 2 unspecified atom stereocenters. The van der Waals surface area contributed by atoms with Crippen molar-refractivity contribution in [1.82, 2.24) is 15.6 Å². The van der Waals surface area contributed by atoms with E-state index in [1.54, 1.807) is 24.4 Å². The molecule has 0 saturated carbocycles. The number of amides is 2. The summed E-state index contributed by atoms with van der Waals surface area (Å²) in [5.74, 6) is -0.883. The quantitative estimate of drug-likeness (QED) is 0.584. The number of allylic oxidation sites excluding steroid dienone is 3. The highest BCUT2D eigenvalue weighted by Gasteiger charge is 2.38. The average molecular weight is 407 g/mol. The van der Waals surface area contributed by atoms with E-state index in [4.69, 9.17) is 0 Å². The fraction of sp³-hybridized carbons (Fsp3) is 0.348. The predicted octanol–water partition coefficient (Wildman–Crippen LogP) is 2.62. The fourth-order valence-electron chi connectivity index (χ4n) is 4.20. The first-order valence-electron chi connectivity index (χ1n) is 10.1. The monoisotopic (exact) mass is 407 g/mol. The number of carbonyl (C=O) groups excluding carboxylic acids is 3. The zero-order chi connectivity index (χ0) is 21.4. The number of aromatic amines is 1. The van der Waals surface area contributed by atoms with Crippen LogP contribution in [0.25, 0.3) is 10.9 Å². The molecule has 2 amide bonds. The van der Waals surface area contributed by atoms with Crippen LogP contribution in [0.1, 0.15) is 38.7 Å². The van der Waals surface area contributed by atoms with Gasteiger partial charge in [0.05, 0.1) is 5.70 Å². The molecular weight excluding hydrogens is 382 g/mol. The van der Waals surface area contributed by atoms with Crippen molar-refractivity contribution in [2.45, 2.75) is 45.6 Å². The lowest BCUT2D eigenvalue weighted by Crippen LogP contribution is -2.45. The average Bonchev–Trinajstić information content (AvgIpc) is 3.03. The van der Waals surface area contributed by atoms with Gasteiger partial charge in [0.1, 0.15) is 11.8 Å². The fourth-order valence-corrected chi connectivity index (χ4v) is 4.20. The zero-order valence-corrected chi connectivity index (χ0v) is 17.0. The molecule has 30 heavy (non-hydrogen) atoms. The summed E-state index contributed by atoms with van der Waals surface area (Å²) in [6, 6.07) is 4.16. The molecule has 1 aliphatic carbocycles. The topological polar surface area (TPSA) is 111 Å². The SMILES string of the molecule is CC(C)=CCC1CCC(=O)C2=C1C(=O)NC(Cc1c[nH]c3cc(O)ccc13)C(=O)N2. The summed E-state index contributed by atoms with van der Waals surface area (Å²) in [6.07, 6.45) is 5.68. The Bertz CT molecular complexity index is 1100. The summed E-state index contributed by atoms with van der Waals surface area (Å²) in [5.41, 5.74) is 3.29. The number of Topliss-reactive ketones (excluding diaryl/α,β-unsaturated/α-hetero) is 1. The highest BCUT2D eigenvalue weighted by molar-refractivity contribution is 6.11. The Morgan fingerprint density at radius 3 is 2.80 bits per heavy atom. The molecule has 4 rings (SSSR count). The van der Waals surface area contributed by atoms with Gasteiger partial charge < -0.3 is 20.7 Å². The van der Waals surface area contributed by atoms with E-state index in [1.807, 2.05) is 13.8 Å². The highest BCUT2D eigenvalue weighted by atomic mass is 16.3. The number of hydrogen-bond donors (Lipinski definition) is 4. The Labute approximate surface area is 174 Å². The summed E-state index contributed by atoms with van der Waals surface area (Å²) in [6.45, 7) is 3.99. The van der Waals surface area contributed by atoms with Gasteiger partial charge in [-0.1, -0.05) is 11.6 Å². The molecule has 1 aromatic heterocycles. The molecule has 0 spiro atoms. The van der Waals surface area contributed by atoms with Gasteiger partial charge in [-0.05, 0) is 50.3 Å². The van der Waals surface area contributed by atoms with Crippen LogP contribution in [0.2, 0.25) is 0 Å². The third-order valence-electron chi connectivity index (χ3n) is 5.78. The number of phenols is 1. The van der Waals surface area contributed by atoms with Crippen LogP contribution in [0, 0.1) is 5.92 Å². The second-order valence-electron chi connectivity index (χ2n) is 8.23. The minimum Gasteiger partial charge on any atom is -0.508 e. The maximum absolute atomic E-state index is 13.1. The van der Waals surface area contributed by atoms with Gasteiger partial charge in [0.2, 0.25) is 11.8 Å². The van der Waals surface area contributed by atoms with Crippen molar-refractivity contribution in [3.63, 3.8) is 0 Å². The molecule has 1 aromatic carbocycles. The molecule has 2 aliphatic rings. The van der Waals surface area contributed by atoms with Crippen molar-refractivity contribution < 1.29 is 19.5 Å². The maximum atomic E-state index is 13.1. The standard InChI is InChI=1S/C23H25N3O4/c1-12(2)3-4-13-5-8-19(28)21-20(13)23(30)25-18(22(29)26-21)9-14-11-24-17-10-15(27)6-7-16(14)17/h3,6-7,10-11,13,18,24,27H,4-5,8-9H2,1-2H3,(H,25,30)(H,26,29). The van der Waals surface area contributed by atoms with Crippen LogP contribution >= 0.6 is 0 Å². The van der Waals surface area contributed by atoms with Gasteiger partial charge in [-0.2, -0.15) is 0 Å². The first kappa shape index (κ1) is 19.9. The maximum Gasteiger partial charge on any atom is 0.250 e. The summed E-state index contributed by atoms with van der Waals surface area (Å²) < 4.78 is 0. The Morgan fingerprint density at radius 1 is 1.23 bits per heavy atom. The van der Waals surface area contributed by atoms with E-state index in [2.05, 4.69) is 21.7 Å². The first-order valence-corrected chi connectivity index (χ1v) is 10.1. The number of aromatic nitrogens is 1. The lowest BCUT2D eigenvalue weighted by atomic mass is 9.82. The van der Waals surface area contributed by atoms with Crippen LogP contribution in [-0.2, 0) is 20.8 Å². The number of phenolic OH excluding ortho intramolecular Hbond substituents is 1. The van der Waals surface area contributed by atoms with Crippen LogP contribution in [0.5, 0.6) is 5.75 Å². The number of H-pyrrole nitrogens is 1. The predicted molar refractivity (Wildman–Crippen MR) is 113 cm³/mol. The molecular formula is C23H25N3O4. The number of hydrogen-bond acceptors (Lipinski definition) is 4. The molecule has 0 radical (unpaired) electrons. The van der Waals surface area contributed by atoms with Gasteiger partial charge in [0, 0.05) is 41.6 Å². The van der Waals surface area contributed by atoms with Crippen LogP contribution in [0.4, 0.5) is 0 Å². The van der Waals surface area contributed by atoms with Gasteiger partial charge in [-0.15, -0.1) is 0 Å². The number of carbonyl (C=O) groups is 3. The van der Waals surface area contributed by atoms with E-state index in [9.17, 15) is 19.5 Å². The summed E-state index contributed by atoms with van der Waals surface area (Å²) in [5, 5.41) is 16.1. The molecule has 0 fully saturated rings. The normalized spacial score (nSPS) is 21.7. The number of aromatic hydroxyl groups is 1. The Balaban J connectivity index is 1.61. The van der Waals surface area contributed by atoms with E-state index >= 15 is 0 Å². The molecule has 2 atom stereocenters. The third kappa shape index (κ3) is 3.75. The van der Waals surface area contributed by atoms with Crippen LogP contribution in [0.15, 0.2) is 47.3 Å². The van der Waals surface area contributed by atoms with Crippen LogP contribution < -0.4 is 10.6 Å².